The Bertz CT molecular complexity index is 542. The fraction of sp³-hybridized carbons (Fsp3) is 0.385. The van der Waals surface area contributed by atoms with Crippen molar-refractivity contribution in [2.75, 3.05) is 7.11 Å². The number of Topliss-reactive ketones (excluding diaryl/α,β-unsaturated/α-hetero) is 1. The molecule has 9 heteroatoms. The Morgan fingerprint density at radius 2 is 1.36 bits per heavy atom. The van der Waals surface area contributed by atoms with Gasteiger partial charge in [-0.2, -0.15) is 26.3 Å². The van der Waals surface area contributed by atoms with E-state index in [1.807, 2.05) is 0 Å². The summed E-state index contributed by atoms with van der Waals surface area (Å²) in [5, 5.41) is 0. The van der Waals surface area contributed by atoms with Crippen LogP contribution in [0.4, 0.5) is 26.3 Å². The molecule has 0 atom stereocenters. The third-order valence-electron chi connectivity index (χ3n) is 2.69. The van der Waals surface area contributed by atoms with Gasteiger partial charge < -0.3 is 4.74 Å². The number of alkyl halides is 6. The summed E-state index contributed by atoms with van der Waals surface area (Å²) in [7, 11) is 1.04. The molecule has 0 fully saturated rings. The van der Waals surface area contributed by atoms with E-state index in [2.05, 4.69) is 4.74 Å². The molecular weight excluding hydrogens is 318 g/mol. The molecule has 0 aliphatic rings. The number of esters is 1. The number of benzene rings is 1. The second kappa shape index (κ2) is 6.37. The van der Waals surface area contributed by atoms with E-state index in [0.717, 1.165) is 7.11 Å². The molecule has 122 valence electrons. The number of hydrogen-bond donors (Lipinski definition) is 0. The van der Waals surface area contributed by atoms with Crippen molar-refractivity contribution in [1.82, 2.24) is 0 Å². The monoisotopic (exact) mass is 328 g/mol. The molecule has 1 aromatic rings. The molecule has 0 spiro atoms. The van der Waals surface area contributed by atoms with Gasteiger partial charge in [-0.25, -0.2) is 0 Å². The highest BCUT2D eigenvalue weighted by Gasteiger charge is 2.37. The molecule has 0 aliphatic carbocycles. The Labute approximate surface area is 120 Å². The molecule has 0 saturated carbocycles. The van der Waals surface area contributed by atoms with E-state index in [0.29, 0.717) is 12.1 Å². The lowest BCUT2D eigenvalue weighted by atomic mass is 10.00. The fourth-order valence-electron chi connectivity index (χ4n) is 1.58. The van der Waals surface area contributed by atoms with E-state index in [1.165, 1.54) is 0 Å². The first-order valence-corrected chi connectivity index (χ1v) is 5.84. The molecule has 0 unspecified atom stereocenters. The highest BCUT2D eigenvalue weighted by molar-refractivity contribution is 5.97. The summed E-state index contributed by atoms with van der Waals surface area (Å²) in [4.78, 5) is 22.5. The predicted octanol–water partition coefficient (Wildman–Crippen LogP) is 3.86. The average Bonchev–Trinajstić information content (AvgIpc) is 2.41. The summed E-state index contributed by atoms with van der Waals surface area (Å²) in [5.41, 5.74) is -3.92. The standard InChI is InChI=1S/C13H10F6O3/c1-22-11(21)3-2-10(20)7-4-8(12(14,15)16)6-9(5-7)13(17,18)19/h4-6H,2-3H2,1H3. The third kappa shape index (κ3) is 4.74. The van der Waals surface area contributed by atoms with Gasteiger partial charge in [-0.3, -0.25) is 9.59 Å². The SMILES string of the molecule is COC(=O)CCC(=O)c1cc(C(F)(F)F)cc(C(F)(F)F)c1. The van der Waals surface area contributed by atoms with Crippen LogP contribution in [0.25, 0.3) is 0 Å². The van der Waals surface area contributed by atoms with Gasteiger partial charge in [0.25, 0.3) is 0 Å². The van der Waals surface area contributed by atoms with Crippen LogP contribution >= 0.6 is 0 Å². The van der Waals surface area contributed by atoms with Crippen LogP contribution in [-0.2, 0) is 21.9 Å². The number of halogens is 6. The molecule has 0 bridgehead atoms. The summed E-state index contributed by atoms with van der Waals surface area (Å²) >= 11 is 0. The first-order valence-electron chi connectivity index (χ1n) is 5.84. The molecule has 0 aromatic heterocycles. The van der Waals surface area contributed by atoms with Crippen LogP contribution in [0.2, 0.25) is 0 Å². The Hall–Kier alpha value is -2.06. The number of carbonyl (C=O) groups excluding carboxylic acids is 2. The summed E-state index contributed by atoms with van der Waals surface area (Å²) < 4.78 is 79.9. The lowest BCUT2D eigenvalue weighted by Crippen LogP contribution is -2.14. The van der Waals surface area contributed by atoms with Crippen LogP contribution in [0.3, 0.4) is 0 Å². The van der Waals surface area contributed by atoms with E-state index in [4.69, 9.17) is 0 Å². The second-order valence-corrected chi connectivity index (χ2v) is 4.29. The molecule has 1 aromatic carbocycles. The maximum atomic E-state index is 12.6. The highest BCUT2D eigenvalue weighted by atomic mass is 19.4. The van der Waals surface area contributed by atoms with Crippen molar-refractivity contribution in [3.05, 3.63) is 34.9 Å². The zero-order valence-electron chi connectivity index (χ0n) is 11.1. The van der Waals surface area contributed by atoms with Gasteiger partial charge in [0.05, 0.1) is 24.7 Å². The smallest absolute Gasteiger partial charge is 0.416 e. The second-order valence-electron chi connectivity index (χ2n) is 4.29. The topological polar surface area (TPSA) is 43.4 Å². The van der Waals surface area contributed by atoms with Crippen LogP contribution < -0.4 is 0 Å². The summed E-state index contributed by atoms with van der Waals surface area (Å²) in [6.07, 6.45) is -11.0. The van der Waals surface area contributed by atoms with E-state index in [-0.39, 0.29) is 6.07 Å². The Balaban J connectivity index is 3.18. The van der Waals surface area contributed by atoms with Crippen molar-refractivity contribution in [3.63, 3.8) is 0 Å². The van der Waals surface area contributed by atoms with Crippen LogP contribution in [0.5, 0.6) is 0 Å². The van der Waals surface area contributed by atoms with E-state index in [9.17, 15) is 35.9 Å². The van der Waals surface area contributed by atoms with Gasteiger partial charge in [0.1, 0.15) is 0 Å². The lowest BCUT2D eigenvalue weighted by Gasteiger charge is -2.13. The van der Waals surface area contributed by atoms with E-state index < -0.39 is 53.6 Å². The van der Waals surface area contributed by atoms with E-state index >= 15 is 0 Å². The van der Waals surface area contributed by atoms with Crippen molar-refractivity contribution in [1.29, 1.82) is 0 Å². The minimum atomic E-state index is -5.03. The molecule has 3 nitrogen and oxygen atoms in total. The molecule has 0 aliphatic heterocycles. The number of hydrogen-bond acceptors (Lipinski definition) is 3. The Morgan fingerprint density at radius 1 is 0.909 bits per heavy atom. The van der Waals surface area contributed by atoms with Gasteiger partial charge in [-0.1, -0.05) is 0 Å². The van der Waals surface area contributed by atoms with Crippen LogP contribution in [0, 0.1) is 0 Å². The molecule has 22 heavy (non-hydrogen) atoms. The summed E-state index contributed by atoms with van der Waals surface area (Å²) in [6.45, 7) is 0. The number of methoxy groups -OCH3 is 1. The maximum Gasteiger partial charge on any atom is 0.416 e. The molecule has 0 radical (unpaired) electrons. The van der Waals surface area contributed by atoms with Crippen molar-refractivity contribution in [2.45, 2.75) is 25.2 Å². The largest absolute Gasteiger partial charge is 0.469 e. The minimum Gasteiger partial charge on any atom is -0.469 e. The molecule has 0 N–H and O–H groups in total. The lowest BCUT2D eigenvalue weighted by molar-refractivity contribution is -0.143. The van der Waals surface area contributed by atoms with Crippen LogP contribution in [0.1, 0.15) is 34.3 Å². The van der Waals surface area contributed by atoms with Crippen molar-refractivity contribution in [2.24, 2.45) is 0 Å². The average molecular weight is 328 g/mol. The van der Waals surface area contributed by atoms with Gasteiger partial charge in [0, 0.05) is 12.0 Å². The fourth-order valence-corrected chi connectivity index (χ4v) is 1.58. The van der Waals surface area contributed by atoms with Crippen molar-refractivity contribution >= 4 is 11.8 Å². The molecular formula is C13H10F6O3. The summed E-state index contributed by atoms with van der Waals surface area (Å²) in [6, 6.07) is 0.584. The third-order valence-corrected chi connectivity index (χ3v) is 2.69. The Kier molecular flexibility index (Phi) is 5.21. The predicted molar refractivity (Wildman–Crippen MR) is 62.0 cm³/mol. The number of carbonyl (C=O) groups is 2. The maximum absolute atomic E-state index is 12.6. The van der Waals surface area contributed by atoms with Gasteiger partial charge in [0.15, 0.2) is 5.78 Å². The van der Waals surface area contributed by atoms with Crippen molar-refractivity contribution in [3.8, 4) is 0 Å². The zero-order chi connectivity index (χ0) is 17.1. The van der Waals surface area contributed by atoms with Crippen molar-refractivity contribution < 1.29 is 40.7 Å². The Morgan fingerprint density at radius 3 is 1.73 bits per heavy atom. The van der Waals surface area contributed by atoms with Gasteiger partial charge in [-0.05, 0) is 18.2 Å². The van der Waals surface area contributed by atoms with Crippen LogP contribution in [0.15, 0.2) is 18.2 Å². The minimum absolute atomic E-state index is 0.0723. The number of rotatable bonds is 4. The van der Waals surface area contributed by atoms with Crippen LogP contribution in [-0.4, -0.2) is 18.9 Å². The van der Waals surface area contributed by atoms with Gasteiger partial charge >= 0.3 is 18.3 Å². The quantitative estimate of drug-likeness (QED) is 0.479. The highest BCUT2D eigenvalue weighted by Crippen LogP contribution is 2.36. The number of ether oxygens (including phenoxy) is 1. The first-order chi connectivity index (χ1) is 9.95. The molecule has 0 amide bonds. The molecule has 1 rings (SSSR count). The van der Waals surface area contributed by atoms with Gasteiger partial charge in [-0.15, -0.1) is 0 Å². The summed E-state index contributed by atoms with van der Waals surface area (Å²) in [5.74, 6) is -1.81. The van der Waals surface area contributed by atoms with Gasteiger partial charge in [0.2, 0.25) is 0 Å². The normalized spacial score (nSPS) is 12.1. The molecule has 0 heterocycles. The first kappa shape index (κ1) is 18.0. The zero-order valence-corrected chi connectivity index (χ0v) is 11.1. The molecule has 0 saturated heterocycles. The number of ketones is 1. The van der Waals surface area contributed by atoms with E-state index in [1.54, 1.807) is 0 Å².